The minimum atomic E-state index is -1.05. The van der Waals surface area contributed by atoms with Gasteiger partial charge in [-0.2, -0.15) is 0 Å². The summed E-state index contributed by atoms with van der Waals surface area (Å²) in [7, 11) is 1.99. The standard InChI is InChI=1S/C13H18N2O3/c1-3-8-15(2)11-6-4-10(5-7-11)13(18)14-9-12(16)17/h4-7H,3,8-9H2,1-2H3,(H,14,18)(H,16,17). The van der Waals surface area contributed by atoms with E-state index in [0.29, 0.717) is 5.56 Å². The van der Waals surface area contributed by atoms with E-state index in [1.54, 1.807) is 12.1 Å². The maximum absolute atomic E-state index is 11.6. The molecule has 0 aliphatic rings. The molecular weight excluding hydrogens is 232 g/mol. The smallest absolute Gasteiger partial charge is 0.322 e. The van der Waals surface area contributed by atoms with Crippen molar-refractivity contribution < 1.29 is 14.7 Å². The monoisotopic (exact) mass is 250 g/mol. The topological polar surface area (TPSA) is 69.6 Å². The van der Waals surface area contributed by atoms with Crippen LogP contribution in [0, 0.1) is 0 Å². The fourth-order valence-electron chi connectivity index (χ4n) is 1.59. The molecule has 1 aromatic carbocycles. The summed E-state index contributed by atoms with van der Waals surface area (Å²) in [6.45, 7) is 2.69. The second-order valence-electron chi connectivity index (χ2n) is 4.04. The van der Waals surface area contributed by atoms with Crippen LogP contribution >= 0.6 is 0 Å². The number of rotatable bonds is 6. The van der Waals surface area contributed by atoms with E-state index in [1.807, 2.05) is 19.2 Å². The Balaban J connectivity index is 2.64. The van der Waals surface area contributed by atoms with Crippen LogP contribution in [0.1, 0.15) is 23.7 Å². The first kappa shape index (κ1) is 14.0. The van der Waals surface area contributed by atoms with E-state index < -0.39 is 5.97 Å². The van der Waals surface area contributed by atoms with Gasteiger partial charge in [0, 0.05) is 24.8 Å². The molecule has 1 rings (SSSR count). The molecule has 18 heavy (non-hydrogen) atoms. The molecule has 5 nitrogen and oxygen atoms in total. The van der Waals surface area contributed by atoms with E-state index in [0.717, 1.165) is 18.7 Å². The Morgan fingerprint density at radius 1 is 1.28 bits per heavy atom. The van der Waals surface area contributed by atoms with E-state index in [1.165, 1.54) is 0 Å². The first-order valence-electron chi connectivity index (χ1n) is 5.85. The summed E-state index contributed by atoms with van der Waals surface area (Å²) in [6, 6.07) is 7.09. The molecule has 0 fully saturated rings. The minimum absolute atomic E-state index is 0.365. The van der Waals surface area contributed by atoms with Gasteiger partial charge in [0.1, 0.15) is 6.54 Å². The Labute approximate surface area is 106 Å². The maximum atomic E-state index is 11.6. The molecule has 0 aliphatic carbocycles. The fraction of sp³-hybridized carbons (Fsp3) is 0.385. The summed E-state index contributed by atoms with van der Waals surface area (Å²) in [5, 5.41) is 10.8. The number of amides is 1. The third kappa shape index (κ3) is 4.08. The Morgan fingerprint density at radius 3 is 2.39 bits per heavy atom. The van der Waals surface area contributed by atoms with Gasteiger partial charge in [-0.05, 0) is 30.7 Å². The molecule has 0 heterocycles. The molecule has 0 saturated heterocycles. The number of carboxylic acids is 1. The number of hydrogen-bond donors (Lipinski definition) is 2. The third-order valence-electron chi connectivity index (χ3n) is 2.53. The van der Waals surface area contributed by atoms with Gasteiger partial charge < -0.3 is 15.3 Å². The zero-order valence-corrected chi connectivity index (χ0v) is 10.6. The summed E-state index contributed by atoms with van der Waals surface area (Å²) >= 11 is 0. The zero-order chi connectivity index (χ0) is 13.5. The van der Waals surface area contributed by atoms with Crippen LogP contribution in [0.2, 0.25) is 0 Å². The van der Waals surface area contributed by atoms with Gasteiger partial charge >= 0.3 is 5.97 Å². The molecule has 0 aromatic heterocycles. The molecular formula is C13H18N2O3. The number of anilines is 1. The van der Waals surface area contributed by atoms with E-state index in [2.05, 4.69) is 17.1 Å². The number of nitrogens with zero attached hydrogens (tertiary/aromatic N) is 1. The number of aliphatic carboxylic acids is 1. The molecule has 0 bridgehead atoms. The highest BCUT2D eigenvalue weighted by molar-refractivity contribution is 5.96. The minimum Gasteiger partial charge on any atom is -0.480 e. The lowest BCUT2D eigenvalue weighted by Crippen LogP contribution is -2.29. The summed E-state index contributed by atoms with van der Waals surface area (Å²) in [5.41, 5.74) is 1.50. The van der Waals surface area contributed by atoms with E-state index >= 15 is 0 Å². The van der Waals surface area contributed by atoms with Crippen molar-refractivity contribution in [3.8, 4) is 0 Å². The lowest BCUT2D eigenvalue weighted by molar-refractivity contribution is -0.135. The third-order valence-corrected chi connectivity index (χ3v) is 2.53. The van der Waals surface area contributed by atoms with Gasteiger partial charge in [-0.1, -0.05) is 6.92 Å². The van der Waals surface area contributed by atoms with Crippen LogP contribution in [0.15, 0.2) is 24.3 Å². The van der Waals surface area contributed by atoms with E-state index in [9.17, 15) is 9.59 Å². The van der Waals surface area contributed by atoms with Crippen LogP contribution < -0.4 is 10.2 Å². The molecule has 0 unspecified atom stereocenters. The Bertz CT molecular complexity index is 415. The summed E-state index contributed by atoms with van der Waals surface area (Å²) in [4.78, 5) is 24.0. The quantitative estimate of drug-likeness (QED) is 0.799. The highest BCUT2D eigenvalue weighted by atomic mass is 16.4. The van der Waals surface area contributed by atoms with Crippen molar-refractivity contribution in [1.29, 1.82) is 0 Å². The first-order chi connectivity index (χ1) is 8.54. The average Bonchev–Trinajstić information content (AvgIpc) is 2.36. The number of benzene rings is 1. The lowest BCUT2D eigenvalue weighted by Gasteiger charge is -2.18. The van der Waals surface area contributed by atoms with Gasteiger partial charge in [0.2, 0.25) is 0 Å². The highest BCUT2D eigenvalue weighted by Crippen LogP contribution is 2.13. The molecule has 0 atom stereocenters. The van der Waals surface area contributed by atoms with E-state index in [4.69, 9.17) is 5.11 Å². The molecule has 2 N–H and O–H groups in total. The van der Waals surface area contributed by atoms with Crippen molar-refractivity contribution >= 4 is 17.6 Å². The van der Waals surface area contributed by atoms with Crippen molar-refractivity contribution in [1.82, 2.24) is 5.32 Å². The number of nitrogens with one attached hydrogen (secondary N) is 1. The first-order valence-corrected chi connectivity index (χ1v) is 5.85. The van der Waals surface area contributed by atoms with Crippen LogP contribution in [0.4, 0.5) is 5.69 Å². The molecule has 0 saturated carbocycles. The predicted molar refractivity (Wildman–Crippen MR) is 70.0 cm³/mol. The van der Waals surface area contributed by atoms with Gasteiger partial charge in [-0.15, -0.1) is 0 Å². The SMILES string of the molecule is CCCN(C)c1ccc(C(=O)NCC(=O)O)cc1. The summed E-state index contributed by atoms with van der Waals surface area (Å²) < 4.78 is 0. The number of carbonyl (C=O) groups is 2. The van der Waals surface area contributed by atoms with Crippen molar-refractivity contribution in [3.63, 3.8) is 0 Å². The number of hydrogen-bond acceptors (Lipinski definition) is 3. The normalized spacial score (nSPS) is 9.89. The van der Waals surface area contributed by atoms with Crippen molar-refractivity contribution in [3.05, 3.63) is 29.8 Å². The van der Waals surface area contributed by atoms with Crippen molar-refractivity contribution in [2.24, 2.45) is 0 Å². The van der Waals surface area contributed by atoms with Crippen molar-refractivity contribution in [2.45, 2.75) is 13.3 Å². The molecule has 5 heteroatoms. The summed E-state index contributed by atoms with van der Waals surface area (Å²) in [5.74, 6) is -1.43. The van der Waals surface area contributed by atoms with Crippen molar-refractivity contribution in [2.75, 3.05) is 25.0 Å². The van der Waals surface area contributed by atoms with Crippen LogP contribution in [-0.4, -0.2) is 37.1 Å². The van der Waals surface area contributed by atoms with Crippen LogP contribution in [-0.2, 0) is 4.79 Å². The van der Waals surface area contributed by atoms with Crippen LogP contribution in [0.25, 0.3) is 0 Å². The lowest BCUT2D eigenvalue weighted by atomic mass is 10.2. The molecule has 1 amide bonds. The molecule has 0 radical (unpaired) electrons. The molecule has 1 aromatic rings. The van der Waals surface area contributed by atoms with Crippen LogP contribution in [0.3, 0.4) is 0 Å². The largest absolute Gasteiger partial charge is 0.480 e. The van der Waals surface area contributed by atoms with E-state index in [-0.39, 0.29) is 12.5 Å². The Kier molecular flexibility index (Phi) is 5.17. The molecule has 0 spiro atoms. The second-order valence-corrected chi connectivity index (χ2v) is 4.04. The van der Waals surface area contributed by atoms with Gasteiger partial charge in [0.25, 0.3) is 5.91 Å². The fourth-order valence-corrected chi connectivity index (χ4v) is 1.59. The Hall–Kier alpha value is -2.04. The van der Waals surface area contributed by atoms with Gasteiger partial charge in [-0.25, -0.2) is 0 Å². The zero-order valence-electron chi connectivity index (χ0n) is 10.6. The average molecular weight is 250 g/mol. The number of carboxylic acid groups (broad SMARTS) is 1. The van der Waals surface area contributed by atoms with Gasteiger partial charge in [0.15, 0.2) is 0 Å². The number of carbonyl (C=O) groups excluding carboxylic acids is 1. The Morgan fingerprint density at radius 2 is 1.89 bits per heavy atom. The maximum Gasteiger partial charge on any atom is 0.322 e. The summed E-state index contributed by atoms with van der Waals surface area (Å²) in [6.07, 6.45) is 1.05. The molecule has 0 aliphatic heterocycles. The highest BCUT2D eigenvalue weighted by Gasteiger charge is 2.07. The van der Waals surface area contributed by atoms with Gasteiger partial charge in [0.05, 0.1) is 0 Å². The van der Waals surface area contributed by atoms with Gasteiger partial charge in [-0.3, -0.25) is 9.59 Å². The molecule has 98 valence electrons. The second kappa shape index (κ2) is 6.64. The predicted octanol–water partition coefficient (Wildman–Crippen LogP) is 1.35. The van der Waals surface area contributed by atoms with Crippen LogP contribution in [0.5, 0.6) is 0 Å².